The molecule has 1 aliphatic rings. The molecule has 6 heteroatoms. The summed E-state index contributed by atoms with van der Waals surface area (Å²) in [6, 6.07) is 25.1. The highest BCUT2D eigenvalue weighted by atomic mass is 79.9. The van der Waals surface area contributed by atoms with Gasteiger partial charge in [-0.2, -0.15) is 0 Å². The smallest absolute Gasteiger partial charge is 0.253 e. The number of piperidine rings is 1. The molecule has 2 N–H and O–H groups in total. The van der Waals surface area contributed by atoms with E-state index in [1.807, 2.05) is 85.8 Å². The van der Waals surface area contributed by atoms with Gasteiger partial charge in [-0.05, 0) is 61.7 Å². The van der Waals surface area contributed by atoms with Crippen LogP contribution < -0.4 is 15.5 Å². The van der Waals surface area contributed by atoms with Gasteiger partial charge in [0.15, 0.2) is 0 Å². The first kappa shape index (κ1) is 23.1. The number of rotatable bonds is 6. The monoisotopic (exact) mass is 505 g/mol. The van der Waals surface area contributed by atoms with Crippen LogP contribution in [-0.2, 0) is 0 Å². The molecular weight excluding hydrogens is 478 g/mol. The minimum Gasteiger partial charge on any atom is -0.371 e. The van der Waals surface area contributed by atoms with E-state index in [0.29, 0.717) is 11.1 Å². The van der Waals surface area contributed by atoms with Crippen molar-refractivity contribution >= 4 is 33.4 Å². The molecule has 0 aromatic heterocycles. The number of benzene rings is 3. The first-order valence-corrected chi connectivity index (χ1v) is 12.1. The van der Waals surface area contributed by atoms with Crippen LogP contribution in [0, 0.1) is 0 Å². The van der Waals surface area contributed by atoms with Crippen LogP contribution in [-0.4, -0.2) is 30.9 Å². The third-order valence-corrected chi connectivity index (χ3v) is 6.60. The maximum atomic E-state index is 13.1. The Morgan fingerprint density at radius 2 is 1.52 bits per heavy atom. The summed E-state index contributed by atoms with van der Waals surface area (Å²) in [7, 11) is 0. The van der Waals surface area contributed by atoms with E-state index in [4.69, 9.17) is 0 Å². The standard InChI is InChI=1S/C27H28BrN3O2/c1-19(20-7-3-2-4-8-20)29-27(33)24-9-5-6-10-25(24)31-17-15-23(16-18-31)30-26(32)21-11-13-22(28)14-12-21/h2-14,19,23H,15-18H2,1H3,(H,29,33)(H,30,32). The lowest BCUT2D eigenvalue weighted by Crippen LogP contribution is -2.45. The predicted molar refractivity (Wildman–Crippen MR) is 136 cm³/mol. The van der Waals surface area contributed by atoms with Gasteiger partial charge in [0.2, 0.25) is 0 Å². The highest BCUT2D eigenvalue weighted by Crippen LogP contribution is 2.25. The van der Waals surface area contributed by atoms with Gasteiger partial charge in [-0.1, -0.05) is 58.4 Å². The topological polar surface area (TPSA) is 61.4 Å². The molecule has 0 aliphatic carbocycles. The molecule has 1 heterocycles. The van der Waals surface area contributed by atoms with Crippen molar-refractivity contribution in [3.8, 4) is 0 Å². The molecule has 2 amide bonds. The summed E-state index contributed by atoms with van der Waals surface area (Å²) in [5, 5.41) is 6.27. The van der Waals surface area contributed by atoms with E-state index in [2.05, 4.69) is 31.5 Å². The molecule has 5 nitrogen and oxygen atoms in total. The normalized spacial score (nSPS) is 15.0. The van der Waals surface area contributed by atoms with E-state index >= 15 is 0 Å². The zero-order chi connectivity index (χ0) is 23.2. The van der Waals surface area contributed by atoms with Gasteiger partial charge in [0.25, 0.3) is 11.8 Å². The number of nitrogens with zero attached hydrogens (tertiary/aromatic N) is 1. The van der Waals surface area contributed by atoms with Crippen molar-refractivity contribution in [3.63, 3.8) is 0 Å². The van der Waals surface area contributed by atoms with E-state index in [1.165, 1.54) is 0 Å². The average Bonchev–Trinajstić information content (AvgIpc) is 2.85. The number of anilines is 1. The Hall–Kier alpha value is -3.12. The number of carbonyl (C=O) groups excluding carboxylic acids is 2. The Labute approximate surface area is 203 Å². The van der Waals surface area contributed by atoms with Crippen molar-refractivity contribution < 1.29 is 9.59 Å². The Kier molecular flexibility index (Phi) is 7.45. The van der Waals surface area contributed by atoms with Crippen molar-refractivity contribution in [3.05, 3.63) is 100 Å². The SMILES string of the molecule is CC(NC(=O)c1ccccc1N1CCC(NC(=O)c2ccc(Br)cc2)CC1)c1ccccc1. The van der Waals surface area contributed by atoms with Crippen LogP contribution in [0.4, 0.5) is 5.69 Å². The second-order valence-electron chi connectivity index (χ2n) is 8.36. The van der Waals surface area contributed by atoms with Crippen molar-refractivity contribution in [1.82, 2.24) is 10.6 Å². The van der Waals surface area contributed by atoms with Crippen molar-refractivity contribution in [2.75, 3.05) is 18.0 Å². The third-order valence-electron chi connectivity index (χ3n) is 6.07. The zero-order valence-electron chi connectivity index (χ0n) is 18.6. The van der Waals surface area contributed by atoms with Gasteiger partial charge in [-0.3, -0.25) is 9.59 Å². The maximum Gasteiger partial charge on any atom is 0.253 e. The molecule has 1 fully saturated rings. The minimum absolute atomic E-state index is 0.0457. The van der Waals surface area contributed by atoms with Gasteiger partial charge >= 0.3 is 0 Å². The molecule has 170 valence electrons. The summed E-state index contributed by atoms with van der Waals surface area (Å²) < 4.78 is 0.952. The number of carbonyl (C=O) groups is 2. The Morgan fingerprint density at radius 3 is 2.21 bits per heavy atom. The zero-order valence-corrected chi connectivity index (χ0v) is 20.2. The largest absolute Gasteiger partial charge is 0.371 e. The van der Waals surface area contributed by atoms with Crippen LogP contribution >= 0.6 is 15.9 Å². The van der Waals surface area contributed by atoms with Gasteiger partial charge in [0, 0.05) is 34.9 Å². The van der Waals surface area contributed by atoms with E-state index in [9.17, 15) is 9.59 Å². The molecule has 0 saturated carbocycles. The molecule has 1 saturated heterocycles. The van der Waals surface area contributed by atoms with Crippen LogP contribution in [0.5, 0.6) is 0 Å². The number of hydrogen-bond acceptors (Lipinski definition) is 3. The first-order valence-electron chi connectivity index (χ1n) is 11.3. The summed E-state index contributed by atoms with van der Waals surface area (Å²) in [4.78, 5) is 27.9. The van der Waals surface area contributed by atoms with Crippen molar-refractivity contribution in [2.24, 2.45) is 0 Å². The molecule has 0 bridgehead atoms. The van der Waals surface area contributed by atoms with Crippen molar-refractivity contribution in [1.29, 1.82) is 0 Å². The fourth-order valence-corrected chi connectivity index (χ4v) is 4.44. The number of nitrogens with one attached hydrogen (secondary N) is 2. The molecule has 0 spiro atoms. The molecule has 33 heavy (non-hydrogen) atoms. The van der Waals surface area contributed by atoms with Crippen LogP contribution in [0.25, 0.3) is 0 Å². The van der Waals surface area contributed by atoms with E-state index in [-0.39, 0.29) is 23.9 Å². The van der Waals surface area contributed by atoms with Crippen molar-refractivity contribution in [2.45, 2.75) is 31.8 Å². The molecule has 1 unspecified atom stereocenters. The lowest BCUT2D eigenvalue weighted by molar-refractivity contribution is 0.0928. The molecule has 0 radical (unpaired) electrons. The molecule has 4 rings (SSSR count). The van der Waals surface area contributed by atoms with Gasteiger partial charge in [-0.25, -0.2) is 0 Å². The van der Waals surface area contributed by atoms with E-state index in [1.54, 1.807) is 0 Å². The molecule has 1 aliphatic heterocycles. The lowest BCUT2D eigenvalue weighted by atomic mass is 10.0. The van der Waals surface area contributed by atoms with E-state index < -0.39 is 0 Å². The minimum atomic E-state index is -0.0775. The fourth-order valence-electron chi connectivity index (χ4n) is 4.18. The maximum absolute atomic E-state index is 13.1. The summed E-state index contributed by atoms with van der Waals surface area (Å²) in [5.74, 6) is -0.122. The number of halogens is 1. The Bertz CT molecular complexity index is 1090. The van der Waals surface area contributed by atoms with Crippen LogP contribution in [0.2, 0.25) is 0 Å². The van der Waals surface area contributed by atoms with Gasteiger partial charge in [-0.15, -0.1) is 0 Å². The molecule has 3 aromatic rings. The first-order chi connectivity index (χ1) is 16.0. The average molecular weight is 506 g/mol. The number of amides is 2. The molecular formula is C27H28BrN3O2. The van der Waals surface area contributed by atoms with Crippen LogP contribution in [0.1, 0.15) is 52.1 Å². The highest BCUT2D eigenvalue weighted by molar-refractivity contribution is 9.10. The quantitative estimate of drug-likeness (QED) is 0.475. The number of para-hydroxylation sites is 1. The summed E-state index contributed by atoms with van der Waals surface area (Å²) in [5.41, 5.74) is 3.35. The van der Waals surface area contributed by atoms with Crippen LogP contribution in [0.15, 0.2) is 83.3 Å². The summed E-state index contributed by atoms with van der Waals surface area (Å²) in [6.45, 7) is 3.56. The highest BCUT2D eigenvalue weighted by Gasteiger charge is 2.24. The lowest BCUT2D eigenvalue weighted by Gasteiger charge is -2.35. The Balaban J connectivity index is 1.37. The van der Waals surface area contributed by atoms with Crippen LogP contribution in [0.3, 0.4) is 0 Å². The number of hydrogen-bond donors (Lipinski definition) is 2. The van der Waals surface area contributed by atoms with E-state index in [0.717, 1.165) is 41.7 Å². The Morgan fingerprint density at radius 1 is 0.879 bits per heavy atom. The molecule has 1 atom stereocenters. The fraction of sp³-hybridized carbons (Fsp3) is 0.259. The second-order valence-corrected chi connectivity index (χ2v) is 9.28. The second kappa shape index (κ2) is 10.7. The van der Waals surface area contributed by atoms with Gasteiger partial charge < -0.3 is 15.5 Å². The summed E-state index contributed by atoms with van der Waals surface area (Å²) >= 11 is 3.40. The third kappa shape index (κ3) is 5.82. The predicted octanol–water partition coefficient (Wildman–Crippen LogP) is 5.34. The molecule has 3 aromatic carbocycles. The van der Waals surface area contributed by atoms with Gasteiger partial charge in [0.05, 0.1) is 11.6 Å². The van der Waals surface area contributed by atoms with Gasteiger partial charge in [0.1, 0.15) is 0 Å². The summed E-state index contributed by atoms with van der Waals surface area (Å²) in [6.07, 6.45) is 1.66.